The number of ether oxygens (including phenoxy) is 2. The molecule has 0 aromatic rings. The van der Waals surface area contributed by atoms with Crippen LogP contribution in [0.3, 0.4) is 0 Å². The Morgan fingerprint density at radius 2 is 2.20 bits per heavy atom. The maximum Gasteiger partial charge on any atom is 0.302 e. The standard InChI is InChI=1S/C12H18O3/c1-8(13)14-10-6-5-9-4-2-3-7-12(9)11(10)15-12/h9-11H,2-7H2,1H3/t9-,10-,11+,12-/m0/s1. The Hall–Kier alpha value is -0.570. The first kappa shape index (κ1) is 9.64. The molecule has 1 saturated heterocycles. The molecule has 3 heteroatoms. The van der Waals surface area contributed by atoms with Crippen LogP contribution in [0.25, 0.3) is 0 Å². The van der Waals surface area contributed by atoms with Gasteiger partial charge in [-0.3, -0.25) is 4.79 Å². The second-order valence-electron chi connectivity index (χ2n) is 5.16. The van der Waals surface area contributed by atoms with Gasteiger partial charge >= 0.3 is 5.97 Å². The summed E-state index contributed by atoms with van der Waals surface area (Å²) in [4.78, 5) is 11.0. The Morgan fingerprint density at radius 1 is 1.33 bits per heavy atom. The van der Waals surface area contributed by atoms with Gasteiger partial charge in [0.2, 0.25) is 0 Å². The van der Waals surface area contributed by atoms with E-state index in [-0.39, 0.29) is 23.8 Å². The summed E-state index contributed by atoms with van der Waals surface area (Å²) in [5.41, 5.74) is 0.122. The molecule has 2 aliphatic carbocycles. The van der Waals surface area contributed by atoms with E-state index in [1.165, 1.54) is 39.0 Å². The molecule has 0 N–H and O–H groups in total. The second-order valence-corrected chi connectivity index (χ2v) is 5.16. The van der Waals surface area contributed by atoms with Crippen LogP contribution in [-0.2, 0) is 14.3 Å². The minimum Gasteiger partial charge on any atom is -0.460 e. The summed E-state index contributed by atoms with van der Waals surface area (Å²) in [5, 5.41) is 0. The SMILES string of the molecule is CC(=O)O[C@H]1CC[C@@H]2CCCC[C@]23O[C@H]13. The smallest absolute Gasteiger partial charge is 0.302 e. The molecule has 3 rings (SSSR count). The highest BCUT2D eigenvalue weighted by molar-refractivity contribution is 5.66. The average molecular weight is 210 g/mol. The molecule has 1 heterocycles. The highest BCUT2D eigenvalue weighted by atomic mass is 16.6. The predicted octanol–water partition coefficient (Wildman–Crippen LogP) is 2.04. The van der Waals surface area contributed by atoms with Gasteiger partial charge in [-0.25, -0.2) is 0 Å². The topological polar surface area (TPSA) is 38.8 Å². The zero-order valence-corrected chi connectivity index (χ0v) is 9.20. The van der Waals surface area contributed by atoms with E-state index in [2.05, 4.69) is 0 Å². The highest BCUT2D eigenvalue weighted by Crippen LogP contribution is 2.58. The van der Waals surface area contributed by atoms with E-state index < -0.39 is 0 Å². The third-order valence-electron chi connectivity index (χ3n) is 4.29. The van der Waals surface area contributed by atoms with Gasteiger partial charge < -0.3 is 9.47 Å². The number of hydrogen-bond donors (Lipinski definition) is 0. The van der Waals surface area contributed by atoms with Crippen molar-refractivity contribution < 1.29 is 14.3 Å². The first-order chi connectivity index (χ1) is 7.22. The largest absolute Gasteiger partial charge is 0.460 e. The minimum atomic E-state index is -0.167. The Labute approximate surface area is 90.1 Å². The third kappa shape index (κ3) is 1.40. The van der Waals surface area contributed by atoms with Crippen molar-refractivity contribution in [3.8, 4) is 0 Å². The van der Waals surface area contributed by atoms with Gasteiger partial charge in [0.1, 0.15) is 17.8 Å². The monoisotopic (exact) mass is 210 g/mol. The van der Waals surface area contributed by atoms with Crippen molar-refractivity contribution in [1.29, 1.82) is 0 Å². The second kappa shape index (κ2) is 3.21. The Bertz CT molecular complexity index is 289. The Kier molecular flexibility index (Phi) is 2.06. The van der Waals surface area contributed by atoms with E-state index in [0.29, 0.717) is 0 Å². The van der Waals surface area contributed by atoms with Crippen molar-refractivity contribution in [3.05, 3.63) is 0 Å². The highest BCUT2D eigenvalue weighted by Gasteiger charge is 2.67. The molecule has 0 radical (unpaired) electrons. The summed E-state index contributed by atoms with van der Waals surface area (Å²) in [6.45, 7) is 1.49. The fourth-order valence-corrected chi connectivity index (χ4v) is 3.60. The summed E-state index contributed by atoms with van der Waals surface area (Å²) >= 11 is 0. The molecule has 0 aromatic heterocycles. The number of esters is 1. The zero-order valence-electron chi connectivity index (χ0n) is 9.20. The van der Waals surface area contributed by atoms with Crippen LogP contribution in [0.2, 0.25) is 0 Å². The molecule has 0 bridgehead atoms. The van der Waals surface area contributed by atoms with Gasteiger partial charge in [-0.2, -0.15) is 0 Å². The van der Waals surface area contributed by atoms with Crippen LogP contribution in [0.15, 0.2) is 0 Å². The first-order valence-corrected chi connectivity index (χ1v) is 6.07. The summed E-state index contributed by atoms with van der Waals surface area (Å²) in [6.07, 6.45) is 7.55. The van der Waals surface area contributed by atoms with E-state index in [9.17, 15) is 4.79 Å². The van der Waals surface area contributed by atoms with Crippen molar-refractivity contribution >= 4 is 5.97 Å². The third-order valence-corrected chi connectivity index (χ3v) is 4.29. The van der Waals surface area contributed by atoms with Crippen LogP contribution in [0, 0.1) is 5.92 Å². The van der Waals surface area contributed by atoms with Gasteiger partial charge in [0.25, 0.3) is 0 Å². The quantitative estimate of drug-likeness (QED) is 0.491. The summed E-state index contributed by atoms with van der Waals surface area (Å²) in [7, 11) is 0. The number of carbonyl (C=O) groups excluding carboxylic acids is 1. The molecule has 84 valence electrons. The normalized spacial score (nSPS) is 47.7. The van der Waals surface area contributed by atoms with E-state index in [1.54, 1.807) is 0 Å². The van der Waals surface area contributed by atoms with Gasteiger partial charge in [-0.05, 0) is 31.6 Å². The van der Waals surface area contributed by atoms with Gasteiger partial charge in [-0.1, -0.05) is 12.8 Å². The fourth-order valence-electron chi connectivity index (χ4n) is 3.60. The average Bonchev–Trinajstić information content (AvgIpc) is 2.91. The number of carbonyl (C=O) groups is 1. The van der Waals surface area contributed by atoms with Crippen molar-refractivity contribution in [2.24, 2.45) is 5.92 Å². The van der Waals surface area contributed by atoms with Gasteiger partial charge in [-0.15, -0.1) is 0 Å². The first-order valence-electron chi connectivity index (χ1n) is 6.07. The number of rotatable bonds is 1. The molecule has 3 nitrogen and oxygen atoms in total. The van der Waals surface area contributed by atoms with Crippen molar-refractivity contribution in [3.63, 3.8) is 0 Å². The molecule has 3 aliphatic rings. The molecular weight excluding hydrogens is 192 g/mol. The van der Waals surface area contributed by atoms with Gasteiger partial charge in [0.15, 0.2) is 0 Å². The molecule has 1 aliphatic heterocycles. The lowest BCUT2D eigenvalue weighted by molar-refractivity contribution is -0.148. The van der Waals surface area contributed by atoms with E-state index in [4.69, 9.17) is 9.47 Å². The van der Waals surface area contributed by atoms with Crippen LogP contribution < -0.4 is 0 Å². The maximum absolute atomic E-state index is 11.0. The molecule has 3 fully saturated rings. The molecule has 15 heavy (non-hydrogen) atoms. The molecule has 0 unspecified atom stereocenters. The number of epoxide rings is 1. The molecule has 4 atom stereocenters. The number of hydrogen-bond acceptors (Lipinski definition) is 3. The van der Waals surface area contributed by atoms with Crippen molar-refractivity contribution in [2.75, 3.05) is 0 Å². The summed E-state index contributed by atoms with van der Waals surface area (Å²) in [6, 6.07) is 0. The zero-order chi connectivity index (χ0) is 10.5. The van der Waals surface area contributed by atoms with Gasteiger partial charge in [0, 0.05) is 6.92 Å². The summed E-state index contributed by atoms with van der Waals surface area (Å²) < 4.78 is 11.2. The molecule has 1 spiro atoms. The van der Waals surface area contributed by atoms with Crippen LogP contribution in [0.4, 0.5) is 0 Å². The van der Waals surface area contributed by atoms with Crippen LogP contribution in [-0.4, -0.2) is 23.8 Å². The molecular formula is C12H18O3. The maximum atomic E-state index is 11.0. The predicted molar refractivity (Wildman–Crippen MR) is 54.4 cm³/mol. The van der Waals surface area contributed by atoms with Crippen molar-refractivity contribution in [1.82, 2.24) is 0 Å². The lowest BCUT2D eigenvalue weighted by atomic mass is 9.70. The minimum absolute atomic E-state index is 0.0387. The molecule has 0 aromatic carbocycles. The van der Waals surface area contributed by atoms with E-state index in [1.807, 2.05) is 0 Å². The van der Waals surface area contributed by atoms with Gasteiger partial charge in [0.05, 0.1) is 0 Å². The molecule has 2 saturated carbocycles. The molecule has 0 amide bonds. The van der Waals surface area contributed by atoms with Crippen molar-refractivity contribution in [2.45, 2.75) is 63.3 Å². The van der Waals surface area contributed by atoms with E-state index in [0.717, 1.165) is 12.3 Å². The Balaban J connectivity index is 1.72. The van der Waals surface area contributed by atoms with E-state index >= 15 is 0 Å². The fraction of sp³-hybridized carbons (Fsp3) is 0.917. The van der Waals surface area contributed by atoms with Crippen LogP contribution in [0.5, 0.6) is 0 Å². The van der Waals surface area contributed by atoms with Crippen LogP contribution >= 0.6 is 0 Å². The Morgan fingerprint density at radius 3 is 3.00 bits per heavy atom. The summed E-state index contributed by atoms with van der Waals surface area (Å²) in [5.74, 6) is 0.572. The lowest BCUT2D eigenvalue weighted by Crippen LogP contribution is -2.41. The lowest BCUT2D eigenvalue weighted by Gasteiger charge is -2.34. The van der Waals surface area contributed by atoms with Crippen LogP contribution in [0.1, 0.15) is 45.4 Å².